The molecule has 7 nitrogen and oxygen atoms in total. The molecule has 172 valence electrons. The van der Waals surface area contributed by atoms with Gasteiger partial charge in [0, 0.05) is 0 Å². The van der Waals surface area contributed by atoms with Gasteiger partial charge in [-0.3, -0.25) is 0 Å². The van der Waals surface area contributed by atoms with Crippen LogP contribution in [0.3, 0.4) is 0 Å². The topological polar surface area (TPSA) is 99.1 Å². The summed E-state index contributed by atoms with van der Waals surface area (Å²) in [5.41, 5.74) is -2.15. The fraction of sp³-hybridized carbons (Fsp3) is 0.864. The van der Waals surface area contributed by atoms with Gasteiger partial charge < -0.3 is 0 Å². The molecule has 30 heavy (non-hydrogen) atoms. The van der Waals surface area contributed by atoms with E-state index >= 15 is 0 Å². The predicted octanol–water partition coefficient (Wildman–Crippen LogP) is 4.24. The van der Waals surface area contributed by atoms with Gasteiger partial charge in [-0.2, -0.15) is 0 Å². The molecule has 8 heteroatoms. The van der Waals surface area contributed by atoms with E-state index in [0.29, 0.717) is 12.8 Å². The molecule has 2 saturated heterocycles. The van der Waals surface area contributed by atoms with Gasteiger partial charge in [0.25, 0.3) is 0 Å². The van der Waals surface area contributed by atoms with Crippen LogP contribution in [0.5, 0.6) is 0 Å². The first-order valence-corrected chi connectivity index (χ1v) is 15.9. The van der Waals surface area contributed by atoms with Gasteiger partial charge in [0.05, 0.1) is 0 Å². The van der Waals surface area contributed by atoms with Gasteiger partial charge in [0.1, 0.15) is 0 Å². The van der Waals surface area contributed by atoms with Crippen LogP contribution in [0.2, 0.25) is 0 Å². The third kappa shape index (κ3) is 8.07. The summed E-state index contributed by atoms with van der Waals surface area (Å²) < 4.78 is 14.9. The standard InChI is InChI=1S/C22H40O7.Bi/c1-2-3-4-5-6-7-8-9-10-11-12-13-14-15-16-18(20(25)26)22(29,21(27)28)17-19(23)24;/h18,29H,2-17H2,1H3,(H,23,24)(H,25,26)(H,27,28);/q;+3/p-3. The maximum absolute atomic E-state index is 12.3. The van der Waals surface area contributed by atoms with Crippen molar-refractivity contribution < 1.29 is 27.9 Å². The van der Waals surface area contributed by atoms with Crippen LogP contribution in [0.15, 0.2) is 0 Å². The Bertz CT molecular complexity index is 568. The zero-order valence-electron chi connectivity index (χ0n) is 18.2. The first kappa shape index (κ1) is 25.5. The van der Waals surface area contributed by atoms with Crippen molar-refractivity contribution in [3.8, 4) is 0 Å². The summed E-state index contributed by atoms with van der Waals surface area (Å²) in [6, 6.07) is 0. The molecule has 2 aliphatic heterocycles. The SMILES string of the molecule is CCCCCCCCCCCCCCCCC1C(=O)[O][Bi]2[O]C(=O)CC1(O)C(=O)[O]2. The molecule has 2 heterocycles. The average Bonchev–Trinajstić information content (AvgIpc) is 2.84. The van der Waals surface area contributed by atoms with Gasteiger partial charge in [-0.25, -0.2) is 0 Å². The number of fused-ring (bicyclic) bond motifs is 3. The van der Waals surface area contributed by atoms with Gasteiger partial charge in [-0.15, -0.1) is 0 Å². The van der Waals surface area contributed by atoms with Crippen molar-refractivity contribution >= 4 is 41.0 Å². The van der Waals surface area contributed by atoms with Crippen LogP contribution in [0.4, 0.5) is 0 Å². The maximum atomic E-state index is 12.3. The second-order valence-electron chi connectivity index (χ2n) is 8.51. The molecule has 1 N–H and O–H groups in total. The third-order valence-corrected chi connectivity index (χ3v) is 9.85. The zero-order valence-corrected chi connectivity index (χ0v) is 21.7. The number of unbranched alkanes of at least 4 members (excludes halogenated alkanes) is 13. The van der Waals surface area contributed by atoms with Crippen LogP contribution in [-0.4, -0.2) is 51.7 Å². The van der Waals surface area contributed by atoms with E-state index in [4.69, 9.17) is 8.44 Å². The number of aliphatic hydroxyl groups is 1. The molecule has 0 amide bonds. The van der Waals surface area contributed by atoms with Crippen molar-refractivity contribution in [1.82, 2.24) is 0 Å². The minimum atomic E-state index is -3.86. The molecule has 2 bridgehead atoms. The fourth-order valence-corrected chi connectivity index (χ4v) is 7.65. The Labute approximate surface area is 189 Å². The summed E-state index contributed by atoms with van der Waals surface area (Å²) in [7, 11) is 0. The van der Waals surface area contributed by atoms with E-state index in [1.807, 2.05) is 0 Å². The second kappa shape index (κ2) is 13.6. The summed E-state index contributed by atoms with van der Waals surface area (Å²) in [5, 5.41) is 10.7. The summed E-state index contributed by atoms with van der Waals surface area (Å²) in [6.07, 6.45) is 16.9. The van der Waals surface area contributed by atoms with E-state index in [0.717, 1.165) is 19.3 Å². The molecule has 0 spiro atoms. The van der Waals surface area contributed by atoms with E-state index in [9.17, 15) is 19.5 Å². The number of rotatable bonds is 15. The molecular weight excluding hydrogens is 585 g/mol. The van der Waals surface area contributed by atoms with E-state index in [-0.39, 0.29) is 0 Å². The minimum absolute atomic E-state index is 0.313. The van der Waals surface area contributed by atoms with E-state index in [1.165, 1.54) is 64.2 Å². The summed E-state index contributed by atoms with van der Waals surface area (Å²) in [6.45, 7) is 2.24. The van der Waals surface area contributed by atoms with Crippen LogP contribution in [0, 0.1) is 5.92 Å². The molecule has 2 rings (SSSR count). The first-order chi connectivity index (χ1) is 14.5. The van der Waals surface area contributed by atoms with Crippen molar-refractivity contribution in [2.75, 3.05) is 0 Å². The van der Waals surface area contributed by atoms with Crippen molar-refractivity contribution in [3.05, 3.63) is 0 Å². The molecule has 2 fully saturated rings. The van der Waals surface area contributed by atoms with E-state index in [1.54, 1.807) is 0 Å². The van der Waals surface area contributed by atoms with Crippen molar-refractivity contribution in [2.24, 2.45) is 5.92 Å². The summed E-state index contributed by atoms with van der Waals surface area (Å²) >= 11 is -3.86. The Balaban J connectivity index is 1.55. The zero-order chi connectivity index (χ0) is 21.8. The van der Waals surface area contributed by atoms with Crippen molar-refractivity contribution in [3.63, 3.8) is 0 Å². The Kier molecular flexibility index (Phi) is 11.6. The number of carbonyl (C=O) groups is 3. The monoisotopic (exact) mass is 622 g/mol. The van der Waals surface area contributed by atoms with Gasteiger partial charge in [-0.05, 0) is 0 Å². The molecule has 2 unspecified atom stereocenters. The normalized spacial score (nSPS) is 24.2. The van der Waals surface area contributed by atoms with Crippen LogP contribution in [0.1, 0.15) is 110 Å². The Hall–Kier alpha value is -0.747. The Morgan fingerprint density at radius 3 is 1.83 bits per heavy atom. The van der Waals surface area contributed by atoms with E-state index < -0.39 is 58.9 Å². The van der Waals surface area contributed by atoms with Gasteiger partial charge in [-0.1, -0.05) is 45.4 Å². The predicted molar refractivity (Wildman–Crippen MR) is 112 cm³/mol. The van der Waals surface area contributed by atoms with Crippen molar-refractivity contribution in [2.45, 2.75) is 115 Å². The molecule has 0 aromatic heterocycles. The quantitative estimate of drug-likeness (QED) is 0.216. The molecule has 0 radical (unpaired) electrons. The number of hydrogen-bond acceptors (Lipinski definition) is 7. The molecule has 2 atom stereocenters. The van der Waals surface area contributed by atoms with Crippen LogP contribution < -0.4 is 0 Å². The summed E-state index contributed by atoms with van der Waals surface area (Å²) in [4.78, 5) is 36.2. The molecular formula is C22H37BiO7. The van der Waals surface area contributed by atoms with Gasteiger partial charge >= 0.3 is 145 Å². The van der Waals surface area contributed by atoms with E-state index in [2.05, 4.69) is 6.92 Å². The van der Waals surface area contributed by atoms with Gasteiger partial charge in [0.15, 0.2) is 0 Å². The Morgan fingerprint density at radius 2 is 1.30 bits per heavy atom. The number of hydrogen-bond donors (Lipinski definition) is 1. The van der Waals surface area contributed by atoms with Crippen LogP contribution in [-0.2, 0) is 22.8 Å². The molecule has 0 aromatic carbocycles. The molecule has 0 aromatic rings. The summed E-state index contributed by atoms with van der Waals surface area (Å²) in [5.74, 6) is -3.37. The first-order valence-electron chi connectivity index (χ1n) is 11.6. The van der Waals surface area contributed by atoms with Crippen LogP contribution in [0.25, 0.3) is 0 Å². The third-order valence-electron chi connectivity index (χ3n) is 5.97. The average molecular weight is 623 g/mol. The van der Waals surface area contributed by atoms with Crippen LogP contribution >= 0.6 is 0 Å². The Morgan fingerprint density at radius 1 is 0.800 bits per heavy atom. The van der Waals surface area contributed by atoms with Gasteiger partial charge in [0.2, 0.25) is 0 Å². The molecule has 0 aliphatic carbocycles. The fourth-order valence-electron chi connectivity index (χ4n) is 4.11. The second-order valence-corrected chi connectivity index (χ2v) is 12.4. The molecule has 2 aliphatic rings. The number of carbonyl (C=O) groups excluding carboxylic acids is 3. The molecule has 0 saturated carbocycles. The van der Waals surface area contributed by atoms with Crippen molar-refractivity contribution in [1.29, 1.82) is 0 Å².